The monoisotopic (exact) mass is 479 g/mol. The van der Waals surface area contributed by atoms with Crippen molar-refractivity contribution in [2.75, 3.05) is 13.7 Å². The van der Waals surface area contributed by atoms with E-state index in [1.54, 1.807) is 54.5 Å². The van der Waals surface area contributed by atoms with E-state index < -0.39 is 6.04 Å². The molecule has 0 saturated carbocycles. The fraction of sp³-hybridized carbons (Fsp3) is 0.154. The van der Waals surface area contributed by atoms with Crippen molar-refractivity contribution < 1.29 is 13.9 Å². The van der Waals surface area contributed by atoms with Crippen molar-refractivity contribution in [3.05, 3.63) is 109 Å². The van der Waals surface area contributed by atoms with Gasteiger partial charge in [-0.2, -0.15) is 0 Å². The van der Waals surface area contributed by atoms with Crippen molar-refractivity contribution in [3.63, 3.8) is 0 Å². The van der Waals surface area contributed by atoms with E-state index in [-0.39, 0.29) is 17.1 Å². The molecular formula is C26H19Cl2NO4. The molecule has 0 radical (unpaired) electrons. The highest BCUT2D eigenvalue weighted by atomic mass is 35.5. The average Bonchev–Trinajstić information content (AvgIpc) is 3.11. The molecule has 1 aliphatic heterocycles. The molecule has 0 unspecified atom stereocenters. The van der Waals surface area contributed by atoms with E-state index in [4.69, 9.17) is 32.4 Å². The number of rotatable bonds is 5. The number of methoxy groups -OCH3 is 1. The van der Waals surface area contributed by atoms with Crippen LogP contribution in [0.3, 0.4) is 0 Å². The fourth-order valence-corrected chi connectivity index (χ4v) is 4.58. The van der Waals surface area contributed by atoms with Gasteiger partial charge in [-0.05, 0) is 53.9 Å². The molecule has 2 heterocycles. The number of ether oxygens (including phenoxy) is 1. The molecule has 166 valence electrons. The van der Waals surface area contributed by atoms with Crippen molar-refractivity contribution in [3.8, 4) is 5.75 Å². The minimum absolute atomic E-state index is 0.0736. The Labute approximate surface area is 200 Å². The predicted molar refractivity (Wildman–Crippen MR) is 129 cm³/mol. The van der Waals surface area contributed by atoms with Crippen LogP contribution in [0.2, 0.25) is 10.0 Å². The highest BCUT2D eigenvalue weighted by molar-refractivity contribution is 6.42. The lowest BCUT2D eigenvalue weighted by Crippen LogP contribution is -2.31. The highest BCUT2D eigenvalue weighted by Gasteiger charge is 2.42. The number of benzene rings is 3. The number of fused-ring (bicyclic) bond motifs is 2. The molecule has 7 heteroatoms. The van der Waals surface area contributed by atoms with Crippen LogP contribution in [0.5, 0.6) is 5.75 Å². The van der Waals surface area contributed by atoms with Crippen LogP contribution in [0.25, 0.3) is 11.0 Å². The Morgan fingerprint density at radius 1 is 0.970 bits per heavy atom. The van der Waals surface area contributed by atoms with Gasteiger partial charge < -0.3 is 14.1 Å². The smallest absolute Gasteiger partial charge is 0.290 e. The summed E-state index contributed by atoms with van der Waals surface area (Å²) in [6, 6.07) is 19.2. The molecule has 5 rings (SSSR count). The van der Waals surface area contributed by atoms with E-state index in [1.165, 1.54) is 0 Å². The molecule has 1 amide bonds. The third-order valence-electron chi connectivity index (χ3n) is 5.93. The summed E-state index contributed by atoms with van der Waals surface area (Å²) in [5, 5.41) is 1.20. The summed E-state index contributed by atoms with van der Waals surface area (Å²) >= 11 is 12.4. The standard InChI is InChI=1S/C26H19Cl2NO4/c1-32-17-9-6-15(7-10-17)12-13-29-23(16-8-11-19(27)20(28)14-16)22-24(30)18-4-2-3-5-21(18)33-25(22)26(29)31/h2-11,14,23H,12-13H2,1H3/t23-/m0/s1. The molecule has 1 aliphatic rings. The van der Waals surface area contributed by atoms with Gasteiger partial charge in [-0.15, -0.1) is 0 Å². The fourth-order valence-electron chi connectivity index (χ4n) is 4.27. The number of nitrogens with zero attached hydrogens (tertiary/aromatic N) is 1. The van der Waals surface area contributed by atoms with Crippen LogP contribution in [0.15, 0.2) is 75.9 Å². The average molecular weight is 480 g/mol. The van der Waals surface area contributed by atoms with Crippen LogP contribution in [0.1, 0.15) is 33.3 Å². The second-order valence-electron chi connectivity index (χ2n) is 7.84. The predicted octanol–water partition coefficient (Wildman–Crippen LogP) is 5.90. The summed E-state index contributed by atoms with van der Waals surface area (Å²) in [6.45, 7) is 0.385. The van der Waals surface area contributed by atoms with Gasteiger partial charge in [0.25, 0.3) is 5.91 Å². The summed E-state index contributed by atoms with van der Waals surface area (Å²) in [7, 11) is 1.62. The number of para-hydroxylation sites is 1. The Hall–Kier alpha value is -3.28. The molecule has 0 bridgehead atoms. The zero-order valence-electron chi connectivity index (χ0n) is 17.7. The van der Waals surface area contributed by atoms with E-state index in [9.17, 15) is 9.59 Å². The number of halogens is 2. The van der Waals surface area contributed by atoms with E-state index in [2.05, 4.69) is 0 Å². The van der Waals surface area contributed by atoms with Gasteiger partial charge in [0, 0.05) is 6.54 Å². The van der Waals surface area contributed by atoms with Crippen LogP contribution in [-0.4, -0.2) is 24.5 Å². The molecule has 0 aliphatic carbocycles. The minimum Gasteiger partial charge on any atom is -0.497 e. The van der Waals surface area contributed by atoms with E-state index in [1.807, 2.05) is 24.3 Å². The van der Waals surface area contributed by atoms with Gasteiger partial charge in [0.1, 0.15) is 11.3 Å². The molecular weight excluding hydrogens is 461 g/mol. The van der Waals surface area contributed by atoms with Crippen LogP contribution < -0.4 is 10.2 Å². The largest absolute Gasteiger partial charge is 0.497 e. The van der Waals surface area contributed by atoms with Gasteiger partial charge in [0.2, 0.25) is 5.76 Å². The molecule has 0 saturated heterocycles. The zero-order valence-corrected chi connectivity index (χ0v) is 19.2. The topological polar surface area (TPSA) is 59.8 Å². The summed E-state index contributed by atoms with van der Waals surface area (Å²) in [5.41, 5.74) is 2.24. The zero-order chi connectivity index (χ0) is 23.1. The van der Waals surface area contributed by atoms with Gasteiger partial charge in [-0.3, -0.25) is 9.59 Å². The molecule has 0 fully saturated rings. The Kier molecular flexibility index (Phi) is 5.60. The Balaban J connectivity index is 1.60. The Bertz CT molecular complexity index is 1430. The molecule has 1 aromatic heterocycles. The maximum Gasteiger partial charge on any atom is 0.290 e. The second kappa shape index (κ2) is 8.58. The van der Waals surface area contributed by atoms with Gasteiger partial charge >= 0.3 is 0 Å². The van der Waals surface area contributed by atoms with Crippen LogP contribution >= 0.6 is 23.2 Å². The first-order chi connectivity index (χ1) is 16.0. The molecule has 5 nitrogen and oxygen atoms in total. The lowest BCUT2D eigenvalue weighted by Gasteiger charge is -2.25. The first kappa shape index (κ1) is 21.6. The lowest BCUT2D eigenvalue weighted by atomic mass is 9.98. The van der Waals surface area contributed by atoms with Gasteiger partial charge in [0.15, 0.2) is 5.43 Å². The minimum atomic E-state index is -0.624. The molecule has 0 spiro atoms. The number of carbonyl (C=O) groups excluding carboxylic acids is 1. The van der Waals surface area contributed by atoms with Crippen molar-refractivity contribution in [1.29, 1.82) is 0 Å². The molecule has 1 atom stereocenters. The highest BCUT2D eigenvalue weighted by Crippen LogP contribution is 2.39. The normalized spacial score (nSPS) is 15.2. The van der Waals surface area contributed by atoms with Crippen LogP contribution in [0, 0.1) is 0 Å². The number of hydrogen-bond donors (Lipinski definition) is 0. The SMILES string of the molecule is COc1ccc(CCN2C(=O)c3oc4ccccc4c(=O)c3[C@@H]2c2ccc(Cl)c(Cl)c2)cc1. The van der Waals surface area contributed by atoms with Crippen molar-refractivity contribution in [2.24, 2.45) is 0 Å². The Morgan fingerprint density at radius 2 is 1.73 bits per heavy atom. The van der Waals surface area contributed by atoms with Crippen molar-refractivity contribution >= 4 is 40.1 Å². The maximum atomic E-state index is 13.5. The second-order valence-corrected chi connectivity index (χ2v) is 8.66. The Morgan fingerprint density at radius 3 is 2.45 bits per heavy atom. The molecule has 0 N–H and O–H groups in total. The van der Waals surface area contributed by atoms with E-state index in [0.717, 1.165) is 11.3 Å². The van der Waals surface area contributed by atoms with Crippen LogP contribution in [0.4, 0.5) is 0 Å². The third kappa shape index (κ3) is 3.77. The first-order valence-corrected chi connectivity index (χ1v) is 11.2. The van der Waals surface area contributed by atoms with Crippen molar-refractivity contribution in [2.45, 2.75) is 12.5 Å². The number of hydrogen-bond acceptors (Lipinski definition) is 4. The quantitative estimate of drug-likeness (QED) is 0.357. The van der Waals surface area contributed by atoms with Gasteiger partial charge in [-0.1, -0.05) is 53.5 Å². The summed E-state index contributed by atoms with van der Waals surface area (Å²) < 4.78 is 11.2. The maximum absolute atomic E-state index is 13.5. The summed E-state index contributed by atoms with van der Waals surface area (Å²) in [4.78, 5) is 28.6. The van der Waals surface area contributed by atoms with E-state index in [0.29, 0.717) is 45.1 Å². The van der Waals surface area contributed by atoms with Gasteiger partial charge in [0.05, 0.1) is 34.1 Å². The molecule has 3 aromatic carbocycles. The number of carbonyl (C=O) groups is 1. The van der Waals surface area contributed by atoms with Crippen LogP contribution in [-0.2, 0) is 6.42 Å². The first-order valence-electron chi connectivity index (χ1n) is 10.4. The van der Waals surface area contributed by atoms with Gasteiger partial charge in [-0.25, -0.2) is 0 Å². The lowest BCUT2D eigenvalue weighted by molar-refractivity contribution is 0.0730. The number of amides is 1. The summed E-state index contributed by atoms with van der Waals surface area (Å²) in [6.07, 6.45) is 0.593. The summed E-state index contributed by atoms with van der Waals surface area (Å²) in [5.74, 6) is 0.514. The van der Waals surface area contributed by atoms with Crippen molar-refractivity contribution in [1.82, 2.24) is 4.90 Å². The molecule has 4 aromatic rings. The van der Waals surface area contributed by atoms with E-state index >= 15 is 0 Å². The molecule has 33 heavy (non-hydrogen) atoms. The third-order valence-corrected chi connectivity index (χ3v) is 6.67.